The molecule has 0 aliphatic heterocycles. The smallest absolute Gasteiger partial charge is 0.252 e. The number of benzene rings is 1. The SMILES string of the molecule is CCC(CC)(CCO)CNC(=O)c1cncc(-c2ccccc2)c1. The van der Waals surface area contributed by atoms with Crippen LogP contribution in [0, 0.1) is 5.41 Å². The van der Waals surface area contributed by atoms with Gasteiger partial charge in [0.25, 0.3) is 5.91 Å². The van der Waals surface area contributed by atoms with E-state index in [-0.39, 0.29) is 17.9 Å². The van der Waals surface area contributed by atoms with Crippen LogP contribution in [-0.2, 0) is 0 Å². The summed E-state index contributed by atoms with van der Waals surface area (Å²) < 4.78 is 0. The van der Waals surface area contributed by atoms with Crippen molar-refractivity contribution in [3.8, 4) is 11.1 Å². The van der Waals surface area contributed by atoms with Gasteiger partial charge in [-0.15, -0.1) is 0 Å². The maximum atomic E-state index is 12.5. The van der Waals surface area contributed by atoms with Crippen LogP contribution in [0.1, 0.15) is 43.5 Å². The predicted molar refractivity (Wildman–Crippen MR) is 96.7 cm³/mol. The van der Waals surface area contributed by atoms with Crippen molar-refractivity contribution in [3.05, 3.63) is 54.4 Å². The minimum absolute atomic E-state index is 0.0467. The molecule has 0 saturated carbocycles. The van der Waals surface area contributed by atoms with E-state index in [4.69, 9.17) is 0 Å². The summed E-state index contributed by atoms with van der Waals surface area (Å²) in [6, 6.07) is 11.8. The molecule has 128 valence electrons. The van der Waals surface area contributed by atoms with Crippen molar-refractivity contribution in [2.24, 2.45) is 5.41 Å². The Morgan fingerprint density at radius 3 is 2.46 bits per heavy atom. The molecule has 4 nitrogen and oxygen atoms in total. The number of nitrogens with zero attached hydrogens (tertiary/aromatic N) is 1. The van der Waals surface area contributed by atoms with Crippen LogP contribution >= 0.6 is 0 Å². The van der Waals surface area contributed by atoms with Gasteiger partial charge in [0, 0.05) is 31.1 Å². The summed E-state index contributed by atoms with van der Waals surface area (Å²) in [5.74, 6) is -0.121. The fraction of sp³-hybridized carbons (Fsp3) is 0.400. The zero-order valence-electron chi connectivity index (χ0n) is 14.5. The van der Waals surface area contributed by atoms with Gasteiger partial charge in [-0.25, -0.2) is 0 Å². The molecule has 2 rings (SSSR count). The number of aliphatic hydroxyl groups excluding tert-OH is 1. The van der Waals surface area contributed by atoms with E-state index in [1.54, 1.807) is 12.4 Å². The Morgan fingerprint density at radius 2 is 1.83 bits per heavy atom. The fourth-order valence-electron chi connectivity index (χ4n) is 2.90. The number of carbonyl (C=O) groups is 1. The number of pyridine rings is 1. The first-order valence-electron chi connectivity index (χ1n) is 8.53. The lowest BCUT2D eigenvalue weighted by Gasteiger charge is -2.31. The Kier molecular flexibility index (Phi) is 6.50. The lowest BCUT2D eigenvalue weighted by molar-refractivity contribution is 0.0907. The lowest BCUT2D eigenvalue weighted by Crippen LogP contribution is -2.37. The molecule has 0 radical (unpaired) electrons. The van der Waals surface area contributed by atoms with Crippen molar-refractivity contribution >= 4 is 5.91 Å². The number of nitrogens with one attached hydrogen (secondary N) is 1. The van der Waals surface area contributed by atoms with Crippen molar-refractivity contribution in [1.82, 2.24) is 10.3 Å². The van der Waals surface area contributed by atoms with Crippen molar-refractivity contribution in [3.63, 3.8) is 0 Å². The van der Waals surface area contributed by atoms with Gasteiger partial charge in [0.2, 0.25) is 0 Å². The topological polar surface area (TPSA) is 62.2 Å². The van der Waals surface area contributed by atoms with Crippen LogP contribution in [0.25, 0.3) is 11.1 Å². The third kappa shape index (κ3) is 4.42. The highest BCUT2D eigenvalue weighted by Gasteiger charge is 2.26. The molecule has 2 N–H and O–H groups in total. The zero-order valence-corrected chi connectivity index (χ0v) is 14.5. The van der Waals surface area contributed by atoms with E-state index in [9.17, 15) is 9.90 Å². The van der Waals surface area contributed by atoms with Crippen LogP contribution in [0.15, 0.2) is 48.8 Å². The van der Waals surface area contributed by atoms with Gasteiger partial charge in [-0.1, -0.05) is 44.2 Å². The summed E-state index contributed by atoms with van der Waals surface area (Å²) >= 11 is 0. The molecule has 0 aliphatic carbocycles. The van der Waals surface area contributed by atoms with E-state index < -0.39 is 0 Å². The number of aliphatic hydroxyl groups is 1. The molecule has 4 heteroatoms. The Balaban J connectivity index is 2.10. The lowest BCUT2D eigenvalue weighted by atomic mass is 9.79. The van der Waals surface area contributed by atoms with Gasteiger partial charge in [-0.05, 0) is 36.3 Å². The monoisotopic (exact) mass is 326 g/mol. The minimum Gasteiger partial charge on any atom is -0.396 e. The standard InChI is InChI=1S/C20H26N2O2/c1-3-20(4-2,10-11-23)15-22-19(24)18-12-17(13-21-14-18)16-8-6-5-7-9-16/h5-9,12-14,23H,3-4,10-11,15H2,1-2H3,(H,22,24). The molecule has 2 aromatic rings. The molecule has 0 unspecified atom stereocenters. The molecule has 0 fully saturated rings. The van der Waals surface area contributed by atoms with Gasteiger partial charge < -0.3 is 10.4 Å². The second-order valence-electron chi connectivity index (χ2n) is 6.19. The minimum atomic E-state index is -0.121. The quantitative estimate of drug-likeness (QED) is 0.778. The van der Waals surface area contributed by atoms with Gasteiger partial charge in [0.05, 0.1) is 5.56 Å². The number of amides is 1. The van der Waals surface area contributed by atoms with E-state index in [2.05, 4.69) is 24.1 Å². The van der Waals surface area contributed by atoms with Crippen LogP contribution in [-0.4, -0.2) is 29.1 Å². The molecule has 1 amide bonds. The summed E-state index contributed by atoms with van der Waals surface area (Å²) in [5.41, 5.74) is 2.48. The van der Waals surface area contributed by atoms with Crippen LogP contribution < -0.4 is 5.32 Å². The molecule has 0 bridgehead atoms. The number of carbonyl (C=O) groups excluding carboxylic acids is 1. The number of hydrogen-bond donors (Lipinski definition) is 2. The van der Waals surface area contributed by atoms with E-state index in [1.165, 1.54) is 0 Å². The van der Waals surface area contributed by atoms with Gasteiger partial charge in [0.15, 0.2) is 0 Å². The number of hydrogen-bond acceptors (Lipinski definition) is 3. The summed E-state index contributed by atoms with van der Waals surface area (Å²) in [6.07, 6.45) is 5.90. The molecular formula is C20H26N2O2. The largest absolute Gasteiger partial charge is 0.396 e. The Bertz CT molecular complexity index is 652. The molecule has 0 atom stereocenters. The molecule has 1 heterocycles. The zero-order chi connectivity index (χ0) is 17.4. The van der Waals surface area contributed by atoms with E-state index >= 15 is 0 Å². The molecule has 1 aromatic carbocycles. The second-order valence-corrected chi connectivity index (χ2v) is 6.19. The number of aromatic nitrogens is 1. The van der Waals surface area contributed by atoms with Gasteiger partial charge >= 0.3 is 0 Å². The van der Waals surface area contributed by atoms with E-state index in [0.29, 0.717) is 18.5 Å². The summed E-state index contributed by atoms with van der Waals surface area (Å²) in [5, 5.41) is 12.3. The molecular weight excluding hydrogens is 300 g/mol. The number of rotatable bonds is 8. The van der Waals surface area contributed by atoms with Crippen LogP contribution in [0.3, 0.4) is 0 Å². The molecule has 0 saturated heterocycles. The van der Waals surface area contributed by atoms with Crippen LogP contribution in [0.2, 0.25) is 0 Å². The Labute approximate surface area is 143 Å². The van der Waals surface area contributed by atoms with Crippen molar-refractivity contribution in [2.75, 3.05) is 13.2 Å². The van der Waals surface area contributed by atoms with Crippen LogP contribution in [0.5, 0.6) is 0 Å². The molecule has 24 heavy (non-hydrogen) atoms. The first-order chi connectivity index (χ1) is 11.6. The van der Waals surface area contributed by atoms with Crippen LogP contribution in [0.4, 0.5) is 0 Å². The van der Waals surface area contributed by atoms with Crippen molar-refractivity contribution in [1.29, 1.82) is 0 Å². The van der Waals surface area contributed by atoms with Crippen molar-refractivity contribution in [2.45, 2.75) is 33.1 Å². The average molecular weight is 326 g/mol. The highest BCUT2D eigenvalue weighted by Crippen LogP contribution is 2.29. The third-order valence-corrected chi connectivity index (χ3v) is 4.87. The van der Waals surface area contributed by atoms with Gasteiger partial charge in [-0.2, -0.15) is 0 Å². The Morgan fingerprint density at radius 1 is 1.12 bits per heavy atom. The predicted octanol–water partition coefficient (Wildman–Crippen LogP) is 3.67. The summed E-state index contributed by atoms with van der Waals surface area (Å²) in [4.78, 5) is 16.7. The normalized spacial score (nSPS) is 11.3. The van der Waals surface area contributed by atoms with E-state index in [0.717, 1.165) is 24.0 Å². The maximum absolute atomic E-state index is 12.5. The highest BCUT2D eigenvalue weighted by molar-refractivity contribution is 5.95. The fourth-order valence-corrected chi connectivity index (χ4v) is 2.90. The third-order valence-electron chi connectivity index (χ3n) is 4.87. The highest BCUT2D eigenvalue weighted by atomic mass is 16.3. The molecule has 0 aliphatic rings. The van der Waals surface area contributed by atoms with E-state index in [1.807, 2.05) is 36.4 Å². The van der Waals surface area contributed by atoms with Gasteiger partial charge in [0.1, 0.15) is 0 Å². The summed E-state index contributed by atoms with van der Waals surface area (Å²) in [7, 11) is 0. The van der Waals surface area contributed by atoms with Crippen molar-refractivity contribution < 1.29 is 9.90 Å². The average Bonchev–Trinajstić information content (AvgIpc) is 2.66. The first-order valence-corrected chi connectivity index (χ1v) is 8.53. The first kappa shape index (κ1) is 18.1. The Hall–Kier alpha value is -2.20. The molecule has 1 aromatic heterocycles. The molecule has 0 spiro atoms. The van der Waals surface area contributed by atoms with Gasteiger partial charge in [-0.3, -0.25) is 9.78 Å². The summed E-state index contributed by atoms with van der Waals surface area (Å²) in [6.45, 7) is 4.91. The maximum Gasteiger partial charge on any atom is 0.252 e. The second kappa shape index (κ2) is 8.60.